The first-order chi connectivity index (χ1) is 14.7. The monoisotopic (exact) mass is 405 g/mol. The summed E-state index contributed by atoms with van der Waals surface area (Å²) in [4.78, 5) is 4.87. The third-order valence-electron chi connectivity index (χ3n) is 5.34. The normalized spacial score (nSPS) is 11.5. The molecule has 5 aromatic rings. The van der Waals surface area contributed by atoms with E-state index in [1.165, 1.54) is 5.56 Å². The lowest BCUT2D eigenvalue weighted by atomic mass is 10.0. The summed E-state index contributed by atoms with van der Waals surface area (Å²) >= 11 is 0. The van der Waals surface area contributed by atoms with Crippen LogP contribution in [0.15, 0.2) is 121 Å². The second-order valence-electron chi connectivity index (χ2n) is 7.22. The van der Waals surface area contributed by atoms with Gasteiger partial charge in [0.1, 0.15) is 5.44 Å². The van der Waals surface area contributed by atoms with Gasteiger partial charge in [0, 0.05) is 16.0 Å². The molecule has 2 nitrogen and oxygen atoms in total. The average Bonchev–Trinajstić information content (AvgIpc) is 2.84. The van der Waals surface area contributed by atoms with E-state index in [1.54, 1.807) is 0 Å². The Hall–Kier alpha value is -3.48. The largest absolute Gasteiger partial charge is 0.307 e. The second kappa shape index (κ2) is 7.74. The fourth-order valence-electron chi connectivity index (χ4n) is 3.79. The van der Waals surface area contributed by atoms with Crippen molar-refractivity contribution in [2.45, 2.75) is 0 Å². The van der Waals surface area contributed by atoms with Crippen molar-refractivity contribution in [3.05, 3.63) is 121 Å². The summed E-state index contributed by atoms with van der Waals surface area (Å²) in [5.41, 5.74) is 3.77. The lowest BCUT2D eigenvalue weighted by Gasteiger charge is -2.19. The lowest BCUT2D eigenvalue weighted by molar-refractivity contribution is 0.592. The van der Waals surface area contributed by atoms with Gasteiger partial charge in [-0.25, -0.2) is 4.98 Å². The summed E-state index contributed by atoms with van der Waals surface area (Å²) < 4.78 is 14.5. The molecular formula is C27H20NOP. The standard InChI is InChI=1S/C27H20NOP/c29-30(24-12-6-2-7-13-24,25-14-8-3-9-15-25)27-19-17-23-20-22(16-18-26(23)28-27)21-10-4-1-5-11-21/h1-20H. The van der Waals surface area contributed by atoms with E-state index in [1.807, 2.05) is 97.1 Å². The van der Waals surface area contributed by atoms with E-state index >= 15 is 0 Å². The Morgan fingerprint density at radius 1 is 0.533 bits per heavy atom. The molecule has 0 fully saturated rings. The molecule has 5 rings (SSSR count). The molecule has 0 saturated heterocycles. The Bertz CT molecular complexity index is 1310. The van der Waals surface area contributed by atoms with Gasteiger partial charge in [-0.2, -0.15) is 0 Å². The number of aromatic nitrogens is 1. The summed E-state index contributed by atoms with van der Waals surface area (Å²) in [6.07, 6.45) is 0. The maximum atomic E-state index is 14.5. The van der Waals surface area contributed by atoms with E-state index in [2.05, 4.69) is 24.3 Å². The van der Waals surface area contributed by atoms with Gasteiger partial charge >= 0.3 is 0 Å². The predicted octanol–water partition coefficient (Wildman–Crippen LogP) is 5.54. The van der Waals surface area contributed by atoms with Crippen molar-refractivity contribution in [3.8, 4) is 11.1 Å². The summed E-state index contributed by atoms with van der Waals surface area (Å²) in [7, 11) is -3.06. The van der Waals surface area contributed by atoms with Crippen LogP contribution in [0.3, 0.4) is 0 Å². The molecule has 0 bridgehead atoms. The molecule has 4 aromatic carbocycles. The van der Waals surface area contributed by atoms with Crippen LogP contribution in [0.1, 0.15) is 0 Å². The molecule has 0 atom stereocenters. The van der Waals surface area contributed by atoms with Crippen molar-refractivity contribution in [2.24, 2.45) is 0 Å². The SMILES string of the molecule is O=P(c1ccccc1)(c1ccccc1)c1ccc2cc(-c3ccccc3)ccc2n1. The van der Waals surface area contributed by atoms with Crippen molar-refractivity contribution in [3.63, 3.8) is 0 Å². The minimum atomic E-state index is -3.06. The Morgan fingerprint density at radius 2 is 1.10 bits per heavy atom. The molecule has 0 aliphatic heterocycles. The fraction of sp³-hybridized carbons (Fsp3) is 0. The van der Waals surface area contributed by atoms with Crippen LogP contribution in [0, 0.1) is 0 Å². The first kappa shape index (κ1) is 18.5. The van der Waals surface area contributed by atoms with Crippen molar-refractivity contribution < 1.29 is 4.57 Å². The zero-order valence-corrected chi connectivity index (χ0v) is 17.2. The van der Waals surface area contributed by atoms with Crippen LogP contribution in [0.4, 0.5) is 0 Å². The van der Waals surface area contributed by atoms with Gasteiger partial charge in [-0.1, -0.05) is 103 Å². The van der Waals surface area contributed by atoms with Gasteiger partial charge in [-0.15, -0.1) is 0 Å². The Kier molecular flexibility index (Phi) is 4.78. The maximum absolute atomic E-state index is 14.5. The molecule has 0 spiro atoms. The predicted molar refractivity (Wildman–Crippen MR) is 127 cm³/mol. The highest BCUT2D eigenvalue weighted by molar-refractivity contribution is 7.85. The van der Waals surface area contributed by atoms with Crippen molar-refractivity contribution in [1.29, 1.82) is 0 Å². The van der Waals surface area contributed by atoms with Gasteiger partial charge in [0.15, 0.2) is 7.14 Å². The number of hydrogen-bond acceptors (Lipinski definition) is 2. The highest BCUT2D eigenvalue weighted by Crippen LogP contribution is 2.41. The quantitative estimate of drug-likeness (QED) is 0.368. The van der Waals surface area contributed by atoms with Crippen molar-refractivity contribution in [2.75, 3.05) is 0 Å². The second-order valence-corrected chi connectivity index (χ2v) is 9.93. The van der Waals surface area contributed by atoms with E-state index in [-0.39, 0.29) is 0 Å². The van der Waals surface area contributed by atoms with Gasteiger partial charge in [0.05, 0.1) is 5.52 Å². The van der Waals surface area contributed by atoms with E-state index in [0.29, 0.717) is 5.44 Å². The number of rotatable bonds is 4. The van der Waals surface area contributed by atoms with Crippen LogP contribution in [0.5, 0.6) is 0 Å². The molecule has 3 heteroatoms. The average molecular weight is 405 g/mol. The number of benzene rings is 4. The van der Waals surface area contributed by atoms with Crippen LogP contribution in [0.2, 0.25) is 0 Å². The minimum Gasteiger partial charge on any atom is -0.307 e. The minimum absolute atomic E-state index is 0.611. The van der Waals surface area contributed by atoms with Crippen LogP contribution in [0.25, 0.3) is 22.0 Å². The molecule has 1 heterocycles. The van der Waals surface area contributed by atoms with Gasteiger partial charge in [-0.3, -0.25) is 0 Å². The molecule has 0 saturated carbocycles. The van der Waals surface area contributed by atoms with Gasteiger partial charge < -0.3 is 4.57 Å². The topological polar surface area (TPSA) is 30.0 Å². The maximum Gasteiger partial charge on any atom is 0.188 e. The molecule has 1 aromatic heterocycles. The van der Waals surface area contributed by atoms with Gasteiger partial charge in [-0.05, 0) is 29.3 Å². The highest BCUT2D eigenvalue weighted by Gasteiger charge is 2.31. The molecular weight excluding hydrogens is 385 g/mol. The van der Waals surface area contributed by atoms with E-state index in [9.17, 15) is 4.57 Å². The molecule has 0 aliphatic rings. The number of fused-ring (bicyclic) bond motifs is 1. The van der Waals surface area contributed by atoms with E-state index in [4.69, 9.17) is 4.98 Å². The van der Waals surface area contributed by atoms with Crippen LogP contribution in [-0.2, 0) is 4.57 Å². The zero-order chi connectivity index (χ0) is 20.4. The Morgan fingerprint density at radius 3 is 1.70 bits per heavy atom. The van der Waals surface area contributed by atoms with Crippen molar-refractivity contribution >= 4 is 34.1 Å². The van der Waals surface area contributed by atoms with E-state index < -0.39 is 7.14 Å². The number of pyridine rings is 1. The number of hydrogen-bond donors (Lipinski definition) is 0. The first-order valence-corrected chi connectivity index (χ1v) is 11.6. The van der Waals surface area contributed by atoms with Crippen molar-refractivity contribution in [1.82, 2.24) is 4.98 Å². The van der Waals surface area contributed by atoms with Gasteiger partial charge in [0.25, 0.3) is 0 Å². The molecule has 0 amide bonds. The summed E-state index contributed by atoms with van der Waals surface area (Å²) in [6.45, 7) is 0. The smallest absolute Gasteiger partial charge is 0.188 e. The Balaban J connectivity index is 1.67. The molecule has 0 unspecified atom stereocenters. The zero-order valence-electron chi connectivity index (χ0n) is 16.3. The van der Waals surface area contributed by atoms with Crippen LogP contribution in [-0.4, -0.2) is 4.98 Å². The third kappa shape index (κ3) is 3.26. The first-order valence-electron chi connectivity index (χ1n) is 9.93. The molecule has 30 heavy (non-hydrogen) atoms. The molecule has 0 radical (unpaired) electrons. The highest BCUT2D eigenvalue weighted by atomic mass is 31.2. The molecule has 0 N–H and O–H groups in total. The summed E-state index contributed by atoms with van der Waals surface area (Å²) in [6, 6.07) is 39.8. The van der Waals surface area contributed by atoms with Gasteiger partial charge in [0.2, 0.25) is 0 Å². The molecule has 0 aliphatic carbocycles. The Labute approximate surface area is 176 Å². The van der Waals surface area contributed by atoms with E-state index in [0.717, 1.165) is 27.1 Å². The summed E-state index contributed by atoms with van der Waals surface area (Å²) in [5.74, 6) is 0. The molecule has 144 valence electrons. The van der Waals surface area contributed by atoms with Crippen LogP contribution >= 0.6 is 7.14 Å². The summed E-state index contributed by atoms with van der Waals surface area (Å²) in [5, 5.41) is 2.63. The number of nitrogens with zero attached hydrogens (tertiary/aromatic N) is 1. The van der Waals surface area contributed by atoms with Crippen LogP contribution < -0.4 is 16.0 Å². The lowest BCUT2D eigenvalue weighted by Crippen LogP contribution is -2.26. The third-order valence-corrected chi connectivity index (χ3v) is 8.29. The fourth-order valence-corrected chi connectivity index (χ4v) is 6.33.